The van der Waals surface area contributed by atoms with Crippen LogP contribution in [0.15, 0.2) is 30.3 Å². The third kappa shape index (κ3) is 10.7. The first-order valence-electron chi connectivity index (χ1n) is 21.0. The molecule has 2 aromatic heterocycles. The van der Waals surface area contributed by atoms with Crippen LogP contribution in [0.5, 0.6) is 0 Å². The van der Waals surface area contributed by atoms with Gasteiger partial charge in [-0.2, -0.15) is 0 Å². The summed E-state index contributed by atoms with van der Waals surface area (Å²) in [6.07, 6.45) is 29.4. The van der Waals surface area contributed by atoms with Crippen LogP contribution in [0.2, 0.25) is 39.3 Å². The van der Waals surface area contributed by atoms with Crippen LogP contribution in [0.25, 0.3) is 9.75 Å². The predicted molar refractivity (Wildman–Crippen MR) is 238 cm³/mol. The number of hydrogen-bond acceptors (Lipinski definition) is 3. The van der Waals surface area contributed by atoms with Crippen molar-refractivity contribution in [2.75, 3.05) is 0 Å². The highest BCUT2D eigenvalue weighted by Gasteiger charge is 2.49. The molecule has 3 aromatic rings. The van der Waals surface area contributed by atoms with E-state index in [-0.39, 0.29) is 0 Å². The smallest absolute Gasteiger partial charge is 0.174 e. The number of thiophene rings is 2. The van der Waals surface area contributed by atoms with E-state index in [1.54, 1.807) is 9.00 Å². The maximum absolute atomic E-state index is 16.4. The van der Waals surface area contributed by atoms with Crippen molar-refractivity contribution < 1.29 is 4.57 Å². The summed E-state index contributed by atoms with van der Waals surface area (Å²) in [5.74, 6) is 0. The van der Waals surface area contributed by atoms with E-state index >= 15 is 4.57 Å². The summed E-state index contributed by atoms with van der Waals surface area (Å²) in [4.78, 5) is 2.82. The Morgan fingerprint density at radius 2 is 0.800 bits per heavy atom. The average molecular weight is 769 g/mol. The lowest BCUT2D eigenvalue weighted by Gasteiger charge is -2.24. The quantitative estimate of drug-likeness (QED) is 0.0373. The molecule has 0 aliphatic carbocycles. The molecule has 0 atom stereocenters. The van der Waals surface area contributed by atoms with Crippen LogP contribution in [0.3, 0.4) is 0 Å². The molecule has 1 aromatic carbocycles. The van der Waals surface area contributed by atoms with Gasteiger partial charge in [-0.15, -0.1) is 22.7 Å². The average Bonchev–Trinajstić information content (AvgIpc) is 3.73. The van der Waals surface area contributed by atoms with Crippen LogP contribution < -0.4 is 24.9 Å². The van der Waals surface area contributed by atoms with Crippen molar-refractivity contribution in [3.05, 3.63) is 41.5 Å². The van der Waals surface area contributed by atoms with E-state index in [9.17, 15) is 0 Å². The van der Waals surface area contributed by atoms with Crippen LogP contribution in [0.1, 0.15) is 153 Å². The highest BCUT2D eigenvalue weighted by atomic mass is 32.1. The van der Waals surface area contributed by atoms with E-state index in [2.05, 4.69) is 106 Å². The van der Waals surface area contributed by atoms with Gasteiger partial charge in [-0.1, -0.05) is 199 Å². The molecule has 0 radical (unpaired) electrons. The summed E-state index contributed by atoms with van der Waals surface area (Å²) < 4.78 is 19.6. The van der Waals surface area contributed by atoms with Gasteiger partial charge >= 0.3 is 0 Å². The highest BCUT2D eigenvalue weighted by molar-refractivity contribution is 7.88. The fourth-order valence-corrected chi connectivity index (χ4v) is 20.6. The first-order chi connectivity index (χ1) is 24.0. The minimum absolute atomic E-state index is 1.08. The molecule has 0 amide bonds. The van der Waals surface area contributed by atoms with Crippen LogP contribution in [-0.2, 0) is 17.4 Å². The van der Waals surface area contributed by atoms with Crippen molar-refractivity contribution in [2.24, 2.45) is 0 Å². The van der Waals surface area contributed by atoms with E-state index in [1.165, 1.54) is 160 Å². The molecule has 0 unspecified atom stereocenters. The van der Waals surface area contributed by atoms with Gasteiger partial charge in [0.15, 0.2) is 7.14 Å². The molecular formula is C44H73OPS2Si2. The zero-order valence-corrected chi connectivity index (χ0v) is 38.1. The monoisotopic (exact) mass is 768 g/mol. The van der Waals surface area contributed by atoms with Crippen molar-refractivity contribution in [3.8, 4) is 9.75 Å². The largest absolute Gasteiger partial charge is 0.309 e. The molecule has 6 heteroatoms. The summed E-state index contributed by atoms with van der Waals surface area (Å²) >= 11 is 4.14. The van der Waals surface area contributed by atoms with Crippen molar-refractivity contribution >= 4 is 70.9 Å². The number of hydrogen-bond donors (Lipinski definition) is 0. The van der Waals surface area contributed by atoms with Gasteiger partial charge in [0.05, 0.1) is 25.9 Å². The van der Waals surface area contributed by atoms with Gasteiger partial charge in [0.25, 0.3) is 0 Å². The Morgan fingerprint density at radius 3 is 1.12 bits per heavy atom. The summed E-state index contributed by atoms with van der Waals surface area (Å²) in [5, 5.41) is 3.65. The van der Waals surface area contributed by atoms with Crippen molar-refractivity contribution in [3.63, 3.8) is 0 Å². The van der Waals surface area contributed by atoms with Crippen LogP contribution >= 0.6 is 29.8 Å². The Labute approximate surface area is 319 Å². The van der Waals surface area contributed by atoms with Gasteiger partial charge in [0, 0.05) is 15.9 Å². The summed E-state index contributed by atoms with van der Waals surface area (Å²) in [5.41, 5.74) is 3.03. The molecule has 0 bridgehead atoms. The standard InChI is InChI=1S/C44H73OPS2Si2/c1-9-11-13-15-17-19-21-23-25-30-34-37-39-41(47-43(37)49(3,4)5)42-40(46(39,45)36-32-28-27-29-33-36)38(44(48-42)50(6,7)8)35-31-26-24-22-20-18-16-14-12-10-2/h27-29,32-33H,9-26,30-31,34-35H2,1-8H3. The fraction of sp³-hybridized carbons (Fsp3) is 0.682. The van der Waals surface area contributed by atoms with Gasteiger partial charge in [-0.05, 0) is 45.8 Å². The summed E-state index contributed by atoms with van der Waals surface area (Å²) in [6.45, 7) is 19.7. The molecule has 0 N–H and O–H groups in total. The number of fused-ring (bicyclic) bond motifs is 3. The SMILES string of the molecule is CCCCCCCCCCCCc1c([Si](C)(C)C)sc2c1P(=O)(c1ccccc1)c1c-2sc([Si](C)(C)C)c1CCCCCCCCCCCC. The highest BCUT2D eigenvalue weighted by Crippen LogP contribution is 2.57. The van der Waals surface area contributed by atoms with Crippen LogP contribution in [-0.4, -0.2) is 16.1 Å². The molecule has 1 nitrogen and oxygen atoms in total. The minimum atomic E-state index is -2.97. The van der Waals surface area contributed by atoms with E-state index in [1.807, 2.05) is 0 Å². The third-order valence-electron chi connectivity index (χ3n) is 10.8. The van der Waals surface area contributed by atoms with E-state index < -0.39 is 23.3 Å². The van der Waals surface area contributed by atoms with Crippen molar-refractivity contribution in [1.29, 1.82) is 0 Å². The van der Waals surface area contributed by atoms with Gasteiger partial charge in [-0.25, -0.2) is 0 Å². The maximum Gasteiger partial charge on any atom is 0.174 e. The summed E-state index contributed by atoms with van der Waals surface area (Å²) in [7, 11) is -6.23. The number of rotatable bonds is 25. The fourth-order valence-electron chi connectivity index (χ4n) is 8.15. The molecule has 1 aliphatic rings. The lowest BCUT2D eigenvalue weighted by atomic mass is 10.0. The summed E-state index contributed by atoms with van der Waals surface area (Å²) in [6, 6.07) is 10.8. The second-order valence-electron chi connectivity index (χ2n) is 17.5. The predicted octanol–water partition coefficient (Wildman–Crippen LogP) is 13.4. The van der Waals surface area contributed by atoms with E-state index in [0.717, 1.165) is 18.1 Å². The van der Waals surface area contributed by atoms with E-state index in [4.69, 9.17) is 0 Å². The molecule has 0 spiro atoms. The molecule has 1 aliphatic heterocycles. The molecule has 280 valence electrons. The normalized spacial score (nSPS) is 14.0. The number of unbranched alkanes of at least 4 members (excludes halogenated alkanes) is 18. The molecule has 3 heterocycles. The first-order valence-corrected chi connectivity index (χ1v) is 31.3. The Balaban J connectivity index is 1.61. The molecule has 0 saturated heterocycles. The maximum atomic E-state index is 16.4. The van der Waals surface area contributed by atoms with Gasteiger partial charge in [-0.3, -0.25) is 0 Å². The second-order valence-corrected chi connectivity index (χ2v) is 32.9. The van der Waals surface area contributed by atoms with Crippen molar-refractivity contribution in [1.82, 2.24) is 0 Å². The molecular weight excluding hydrogens is 696 g/mol. The molecule has 50 heavy (non-hydrogen) atoms. The Hall–Kier alpha value is -0.716. The molecule has 4 rings (SSSR count). The topological polar surface area (TPSA) is 17.1 Å². The Bertz CT molecular complexity index is 1400. The molecule has 0 fully saturated rings. The van der Waals surface area contributed by atoms with Gasteiger partial charge in [0.1, 0.15) is 0 Å². The Morgan fingerprint density at radius 1 is 0.480 bits per heavy atom. The number of benzene rings is 1. The van der Waals surface area contributed by atoms with Crippen LogP contribution in [0.4, 0.5) is 0 Å². The second kappa shape index (κ2) is 20.1. The van der Waals surface area contributed by atoms with Gasteiger partial charge < -0.3 is 4.57 Å². The minimum Gasteiger partial charge on any atom is -0.309 e. The first kappa shape index (κ1) is 42.0. The van der Waals surface area contributed by atoms with Crippen LogP contribution in [0, 0.1) is 0 Å². The van der Waals surface area contributed by atoms with E-state index in [0.29, 0.717) is 0 Å². The lowest BCUT2D eigenvalue weighted by Crippen LogP contribution is -2.41. The zero-order valence-electron chi connectivity index (χ0n) is 33.6. The Kier molecular flexibility index (Phi) is 16.9. The van der Waals surface area contributed by atoms with Crippen molar-refractivity contribution in [2.45, 2.75) is 194 Å². The molecule has 0 saturated carbocycles. The third-order valence-corrected chi connectivity index (χ3v) is 24.3. The van der Waals surface area contributed by atoms with Gasteiger partial charge in [0.2, 0.25) is 0 Å². The zero-order chi connectivity index (χ0) is 36.2. The lowest BCUT2D eigenvalue weighted by molar-refractivity contribution is 0.556.